The van der Waals surface area contributed by atoms with Crippen molar-refractivity contribution in [1.82, 2.24) is 9.97 Å². The second-order valence-electron chi connectivity index (χ2n) is 4.54. The van der Waals surface area contributed by atoms with Gasteiger partial charge in [-0.1, -0.05) is 23.7 Å². The standard InChI is InChI=1S/C16H12ClN3OS2/c1-22-12-7-3-2-6-11(12)19-15(21)13-14(17)20-16(23-13)10-5-4-8-18-9-10/h2-9H,1H3,(H,19,21). The van der Waals surface area contributed by atoms with Crippen molar-refractivity contribution in [2.24, 2.45) is 0 Å². The molecule has 1 amide bonds. The number of carbonyl (C=O) groups excluding carboxylic acids is 1. The van der Waals surface area contributed by atoms with Gasteiger partial charge in [0.05, 0.1) is 5.69 Å². The van der Waals surface area contributed by atoms with E-state index in [9.17, 15) is 4.79 Å². The normalized spacial score (nSPS) is 10.5. The number of carbonyl (C=O) groups is 1. The van der Waals surface area contributed by atoms with E-state index in [2.05, 4.69) is 15.3 Å². The lowest BCUT2D eigenvalue weighted by Crippen LogP contribution is -2.11. The van der Waals surface area contributed by atoms with Crippen LogP contribution in [-0.4, -0.2) is 22.1 Å². The third-order valence-electron chi connectivity index (χ3n) is 3.06. The molecule has 0 unspecified atom stereocenters. The Balaban J connectivity index is 1.87. The van der Waals surface area contributed by atoms with Gasteiger partial charge in [-0.2, -0.15) is 0 Å². The molecular weight excluding hydrogens is 350 g/mol. The van der Waals surface area contributed by atoms with Crippen molar-refractivity contribution in [2.45, 2.75) is 4.90 Å². The second-order valence-corrected chi connectivity index (χ2v) is 6.74. The molecule has 1 N–H and O–H groups in total. The highest BCUT2D eigenvalue weighted by molar-refractivity contribution is 7.98. The Morgan fingerprint density at radius 2 is 2.09 bits per heavy atom. The lowest BCUT2D eigenvalue weighted by Gasteiger charge is -2.07. The van der Waals surface area contributed by atoms with Gasteiger partial charge in [-0.15, -0.1) is 23.1 Å². The van der Waals surface area contributed by atoms with Crippen LogP contribution >= 0.6 is 34.7 Å². The number of benzene rings is 1. The van der Waals surface area contributed by atoms with Crippen LogP contribution < -0.4 is 5.32 Å². The van der Waals surface area contributed by atoms with Gasteiger partial charge in [-0.25, -0.2) is 4.98 Å². The summed E-state index contributed by atoms with van der Waals surface area (Å²) in [4.78, 5) is 22.2. The van der Waals surface area contributed by atoms with E-state index in [0.29, 0.717) is 9.88 Å². The number of hydrogen-bond donors (Lipinski definition) is 1. The number of aromatic nitrogens is 2. The number of pyridine rings is 1. The zero-order valence-electron chi connectivity index (χ0n) is 12.1. The number of thiazole rings is 1. The lowest BCUT2D eigenvalue weighted by molar-refractivity contribution is 0.103. The van der Waals surface area contributed by atoms with Gasteiger partial charge in [0.1, 0.15) is 9.88 Å². The van der Waals surface area contributed by atoms with Gasteiger partial charge in [0.25, 0.3) is 5.91 Å². The molecule has 0 saturated heterocycles. The van der Waals surface area contributed by atoms with Crippen LogP contribution in [0.1, 0.15) is 9.67 Å². The summed E-state index contributed by atoms with van der Waals surface area (Å²) in [5, 5.41) is 3.77. The molecule has 2 heterocycles. The Morgan fingerprint density at radius 1 is 1.26 bits per heavy atom. The maximum Gasteiger partial charge on any atom is 0.269 e. The molecule has 0 spiro atoms. The summed E-state index contributed by atoms with van der Waals surface area (Å²) in [5.41, 5.74) is 1.60. The third-order valence-corrected chi connectivity index (χ3v) is 5.34. The van der Waals surface area contributed by atoms with Gasteiger partial charge in [-0.05, 0) is 30.5 Å². The fraction of sp³-hybridized carbons (Fsp3) is 0.0625. The minimum atomic E-state index is -0.260. The summed E-state index contributed by atoms with van der Waals surface area (Å²) in [7, 11) is 0. The molecule has 23 heavy (non-hydrogen) atoms. The van der Waals surface area contributed by atoms with Crippen LogP contribution in [0, 0.1) is 0 Å². The van der Waals surface area contributed by atoms with E-state index in [-0.39, 0.29) is 11.1 Å². The molecule has 0 radical (unpaired) electrons. The van der Waals surface area contributed by atoms with Gasteiger partial charge >= 0.3 is 0 Å². The molecule has 0 bridgehead atoms. The van der Waals surface area contributed by atoms with E-state index >= 15 is 0 Å². The number of rotatable bonds is 4. The fourth-order valence-electron chi connectivity index (χ4n) is 1.98. The molecule has 0 saturated carbocycles. The Hall–Kier alpha value is -1.89. The molecule has 1 aromatic carbocycles. The largest absolute Gasteiger partial charge is 0.320 e. The zero-order valence-corrected chi connectivity index (χ0v) is 14.5. The van der Waals surface area contributed by atoms with Crippen LogP contribution in [-0.2, 0) is 0 Å². The van der Waals surface area contributed by atoms with Gasteiger partial charge in [0, 0.05) is 22.9 Å². The van der Waals surface area contributed by atoms with E-state index in [1.807, 2.05) is 42.7 Å². The molecule has 0 aliphatic rings. The first kappa shape index (κ1) is 16.0. The number of para-hydroxylation sites is 1. The summed E-state index contributed by atoms with van der Waals surface area (Å²) in [6, 6.07) is 11.3. The summed E-state index contributed by atoms with van der Waals surface area (Å²) < 4.78 is 0. The third kappa shape index (κ3) is 3.55. The second kappa shape index (κ2) is 7.12. The maximum absolute atomic E-state index is 12.5. The van der Waals surface area contributed by atoms with Gasteiger partial charge in [0.15, 0.2) is 5.15 Å². The first-order valence-electron chi connectivity index (χ1n) is 6.70. The molecule has 3 aromatic rings. The Kier molecular flexibility index (Phi) is 4.95. The minimum absolute atomic E-state index is 0.202. The Labute approximate surface area is 146 Å². The van der Waals surface area contributed by atoms with Crippen molar-refractivity contribution in [3.05, 3.63) is 58.8 Å². The summed E-state index contributed by atoms with van der Waals surface area (Å²) in [5.74, 6) is -0.260. The first-order chi connectivity index (χ1) is 11.2. The van der Waals surface area contributed by atoms with Crippen molar-refractivity contribution >= 4 is 46.3 Å². The van der Waals surface area contributed by atoms with Crippen LogP contribution in [0.15, 0.2) is 53.7 Å². The van der Waals surface area contributed by atoms with Crippen LogP contribution in [0.3, 0.4) is 0 Å². The number of amides is 1. The van der Waals surface area contributed by atoms with Crippen LogP contribution in [0.2, 0.25) is 5.15 Å². The Morgan fingerprint density at radius 3 is 2.83 bits per heavy atom. The molecule has 7 heteroatoms. The molecule has 0 fully saturated rings. The van der Waals surface area contributed by atoms with Crippen molar-refractivity contribution in [1.29, 1.82) is 0 Å². The van der Waals surface area contributed by atoms with Crippen LogP contribution in [0.25, 0.3) is 10.6 Å². The van der Waals surface area contributed by atoms with Crippen LogP contribution in [0.4, 0.5) is 5.69 Å². The molecule has 0 atom stereocenters. The SMILES string of the molecule is CSc1ccccc1NC(=O)c1sc(-c2cccnc2)nc1Cl. The minimum Gasteiger partial charge on any atom is -0.320 e. The quantitative estimate of drug-likeness (QED) is 0.676. The highest BCUT2D eigenvalue weighted by atomic mass is 35.5. The number of hydrogen-bond acceptors (Lipinski definition) is 5. The van der Waals surface area contributed by atoms with Crippen molar-refractivity contribution in [3.8, 4) is 10.6 Å². The Bertz CT molecular complexity index is 836. The highest BCUT2D eigenvalue weighted by Crippen LogP contribution is 2.32. The predicted molar refractivity (Wildman–Crippen MR) is 96.5 cm³/mol. The smallest absolute Gasteiger partial charge is 0.269 e. The van der Waals surface area contributed by atoms with Crippen molar-refractivity contribution in [3.63, 3.8) is 0 Å². The van der Waals surface area contributed by atoms with E-state index in [1.54, 1.807) is 24.2 Å². The van der Waals surface area contributed by atoms with Gasteiger partial charge < -0.3 is 5.32 Å². The zero-order chi connectivity index (χ0) is 16.2. The highest BCUT2D eigenvalue weighted by Gasteiger charge is 2.18. The van der Waals surface area contributed by atoms with Crippen molar-refractivity contribution < 1.29 is 4.79 Å². The molecular formula is C16H12ClN3OS2. The van der Waals surface area contributed by atoms with Gasteiger partial charge in [0.2, 0.25) is 0 Å². The monoisotopic (exact) mass is 361 g/mol. The summed E-state index contributed by atoms with van der Waals surface area (Å²) in [6.45, 7) is 0. The first-order valence-corrected chi connectivity index (χ1v) is 9.12. The molecule has 116 valence electrons. The molecule has 3 rings (SSSR count). The van der Waals surface area contributed by atoms with Crippen molar-refractivity contribution in [2.75, 3.05) is 11.6 Å². The maximum atomic E-state index is 12.5. The lowest BCUT2D eigenvalue weighted by atomic mass is 10.3. The number of anilines is 1. The summed E-state index contributed by atoms with van der Waals surface area (Å²) >= 11 is 8.96. The number of thioether (sulfide) groups is 1. The van der Waals surface area contributed by atoms with Gasteiger partial charge in [-0.3, -0.25) is 9.78 Å². The van der Waals surface area contributed by atoms with E-state index in [4.69, 9.17) is 11.6 Å². The average molecular weight is 362 g/mol. The topological polar surface area (TPSA) is 54.9 Å². The number of nitrogens with zero attached hydrogens (tertiary/aromatic N) is 2. The van der Waals surface area contributed by atoms with E-state index < -0.39 is 0 Å². The number of nitrogens with one attached hydrogen (secondary N) is 1. The number of halogens is 1. The fourth-order valence-corrected chi connectivity index (χ4v) is 3.71. The average Bonchev–Trinajstić information content (AvgIpc) is 2.98. The summed E-state index contributed by atoms with van der Waals surface area (Å²) in [6.07, 6.45) is 5.34. The van der Waals surface area contributed by atoms with E-state index in [1.165, 1.54) is 11.3 Å². The van der Waals surface area contributed by atoms with E-state index in [0.717, 1.165) is 16.1 Å². The molecule has 4 nitrogen and oxygen atoms in total. The molecule has 0 aliphatic carbocycles. The predicted octanol–water partition coefficient (Wildman–Crippen LogP) is 4.83. The van der Waals surface area contributed by atoms with Crippen LogP contribution in [0.5, 0.6) is 0 Å². The molecule has 2 aromatic heterocycles. The molecule has 0 aliphatic heterocycles.